The molecule has 0 radical (unpaired) electrons. The van der Waals surface area contributed by atoms with E-state index in [0.29, 0.717) is 32.2 Å². The van der Waals surface area contributed by atoms with Gasteiger partial charge < -0.3 is 15.4 Å². The predicted octanol–water partition coefficient (Wildman–Crippen LogP) is 10.8. The second kappa shape index (κ2) is 25.8. The summed E-state index contributed by atoms with van der Waals surface area (Å²) in [5, 5.41) is 6.39. The molecule has 1 aliphatic rings. The van der Waals surface area contributed by atoms with Gasteiger partial charge >= 0.3 is 0 Å². The molecule has 0 heterocycles. The summed E-state index contributed by atoms with van der Waals surface area (Å²) < 4.78 is 6.26. The van der Waals surface area contributed by atoms with Gasteiger partial charge in [0.1, 0.15) is 0 Å². The zero-order valence-electron chi connectivity index (χ0n) is 30.9. The van der Waals surface area contributed by atoms with Crippen LogP contribution >= 0.6 is 0 Å². The van der Waals surface area contributed by atoms with Crippen LogP contribution in [0.1, 0.15) is 189 Å². The molecule has 0 saturated heterocycles. The Morgan fingerprint density at radius 2 is 1.31 bits per heavy atom. The lowest BCUT2D eigenvalue weighted by molar-refractivity contribution is -0.116. The molecular weight excluding hydrogens is 555 g/mol. The van der Waals surface area contributed by atoms with Crippen molar-refractivity contribution in [1.82, 2.24) is 10.6 Å². The molecule has 1 fully saturated rings. The van der Waals surface area contributed by atoms with E-state index in [4.69, 9.17) is 4.74 Å². The summed E-state index contributed by atoms with van der Waals surface area (Å²) in [6.45, 7) is 14.1. The number of hydrogen-bond donors (Lipinski definition) is 2. The van der Waals surface area contributed by atoms with Gasteiger partial charge in [-0.15, -0.1) is 0 Å². The van der Waals surface area contributed by atoms with Crippen LogP contribution in [-0.2, 0) is 9.53 Å². The van der Waals surface area contributed by atoms with E-state index in [1.54, 1.807) is 6.08 Å². The minimum atomic E-state index is -0.341. The fourth-order valence-corrected chi connectivity index (χ4v) is 6.63. The Morgan fingerprint density at radius 1 is 0.778 bits per heavy atom. The minimum Gasteiger partial charge on any atom is -0.375 e. The Balaban J connectivity index is 2.38. The number of carbonyl (C=O) groups is 2. The number of hydrogen-bond acceptors (Lipinski definition) is 3. The molecule has 0 aromatic heterocycles. The van der Waals surface area contributed by atoms with Crippen LogP contribution in [0.2, 0.25) is 5.82 Å². The molecule has 1 unspecified atom stereocenters. The molecule has 0 aromatic rings. The molecule has 1 rings (SSSR count). The molecule has 0 aliphatic heterocycles. The summed E-state index contributed by atoms with van der Waals surface area (Å²) in [6, 6.07) is 0. The third-order valence-electron chi connectivity index (χ3n) is 9.80. The Kier molecular flexibility index (Phi) is 23.9. The topological polar surface area (TPSA) is 67.4 Å². The van der Waals surface area contributed by atoms with E-state index in [9.17, 15) is 9.59 Å². The average molecular weight is 631 g/mol. The van der Waals surface area contributed by atoms with Crippen molar-refractivity contribution >= 4 is 19.0 Å². The zero-order chi connectivity index (χ0) is 33.2. The standard InChI is InChI=1S/C39H75BN2O3/c1-7-9-11-17-21-25-34(24-20-10-8-2)28-29-36(43)41-32-30-39(5,6)45-33-31-38(3,4)42-37(44)40-35-26-22-18-15-13-12-14-16-19-23-27-35/h28-29,34-35,40H,7-27,30-33H2,1-6H3,(H,41,43)(H,42,44)/b29-28+. The maximum absolute atomic E-state index is 13.0. The van der Waals surface area contributed by atoms with Crippen LogP contribution in [0.5, 0.6) is 0 Å². The van der Waals surface area contributed by atoms with Crippen LogP contribution in [0.3, 0.4) is 0 Å². The highest BCUT2D eigenvalue weighted by Gasteiger charge is 2.25. The van der Waals surface area contributed by atoms with Gasteiger partial charge in [0.25, 0.3) is 0 Å². The van der Waals surface area contributed by atoms with Gasteiger partial charge in [-0.2, -0.15) is 0 Å². The van der Waals surface area contributed by atoms with Crippen molar-refractivity contribution in [1.29, 1.82) is 0 Å². The number of nitrogens with one attached hydrogen (secondary N) is 2. The van der Waals surface area contributed by atoms with Crippen molar-refractivity contribution in [3.8, 4) is 0 Å². The van der Waals surface area contributed by atoms with Crippen molar-refractivity contribution in [2.45, 2.75) is 206 Å². The second-order valence-electron chi connectivity index (χ2n) is 15.5. The maximum Gasteiger partial charge on any atom is 0.243 e. The summed E-state index contributed by atoms with van der Waals surface area (Å²) >= 11 is 0. The molecular formula is C39H75BN2O3. The molecule has 2 N–H and O–H groups in total. The fraction of sp³-hybridized carbons (Fsp3) is 0.897. The molecule has 1 atom stereocenters. The maximum atomic E-state index is 13.0. The van der Waals surface area contributed by atoms with Gasteiger partial charge in [-0.1, -0.05) is 148 Å². The predicted molar refractivity (Wildman–Crippen MR) is 197 cm³/mol. The first-order valence-corrected chi connectivity index (χ1v) is 19.5. The van der Waals surface area contributed by atoms with Crippen molar-refractivity contribution < 1.29 is 14.3 Å². The van der Waals surface area contributed by atoms with Gasteiger partial charge in [0.15, 0.2) is 5.81 Å². The first-order chi connectivity index (χ1) is 21.6. The van der Waals surface area contributed by atoms with Gasteiger partial charge in [-0.05, 0) is 65.4 Å². The first kappa shape index (κ1) is 41.7. The SMILES string of the molecule is CCCCCCCC(/C=C/C(=O)NCCC(C)(C)OCCC(C)(C)NC(=O)BC1CCCCCCCCCCC1)CCCCC. The van der Waals surface area contributed by atoms with Gasteiger partial charge in [-0.3, -0.25) is 9.59 Å². The Bertz CT molecular complexity index is 770. The van der Waals surface area contributed by atoms with Crippen LogP contribution in [0.4, 0.5) is 4.79 Å². The highest BCUT2D eigenvalue weighted by molar-refractivity contribution is 6.74. The number of carbonyl (C=O) groups excluding carboxylic acids is 2. The van der Waals surface area contributed by atoms with Crippen LogP contribution in [-0.4, -0.2) is 43.3 Å². The normalized spacial score (nSPS) is 16.9. The molecule has 1 aliphatic carbocycles. The van der Waals surface area contributed by atoms with E-state index < -0.39 is 0 Å². The third kappa shape index (κ3) is 24.5. The lowest BCUT2D eigenvalue weighted by Crippen LogP contribution is -2.46. The summed E-state index contributed by atoms with van der Waals surface area (Å²) in [7, 11) is 0.655. The van der Waals surface area contributed by atoms with Gasteiger partial charge in [0, 0.05) is 18.7 Å². The summed E-state index contributed by atoms with van der Waals surface area (Å²) in [5.74, 6) is 1.22. The van der Waals surface area contributed by atoms with E-state index in [-0.39, 0.29) is 22.9 Å². The molecule has 6 heteroatoms. The van der Waals surface area contributed by atoms with Crippen molar-refractivity contribution in [3.05, 3.63) is 12.2 Å². The number of rotatable bonds is 22. The van der Waals surface area contributed by atoms with Gasteiger partial charge in [-0.25, -0.2) is 0 Å². The molecule has 5 nitrogen and oxygen atoms in total. The first-order valence-electron chi connectivity index (χ1n) is 19.5. The summed E-state index contributed by atoms with van der Waals surface area (Å²) in [6.07, 6.45) is 32.4. The molecule has 0 bridgehead atoms. The second-order valence-corrected chi connectivity index (χ2v) is 15.5. The highest BCUT2D eigenvalue weighted by Crippen LogP contribution is 2.25. The van der Waals surface area contributed by atoms with Crippen LogP contribution < -0.4 is 10.6 Å². The number of amides is 2. The van der Waals surface area contributed by atoms with Crippen LogP contribution in [0, 0.1) is 5.92 Å². The lowest BCUT2D eigenvalue weighted by Gasteiger charge is -2.31. The van der Waals surface area contributed by atoms with Crippen molar-refractivity contribution in [2.24, 2.45) is 5.92 Å². The van der Waals surface area contributed by atoms with Crippen LogP contribution in [0.25, 0.3) is 0 Å². The van der Waals surface area contributed by atoms with E-state index in [2.05, 4.69) is 58.3 Å². The van der Waals surface area contributed by atoms with E-state index in [1.807, 2.05) is 0 Å². The third-order valence-corrected chi connectivity index (χ3v) is 9.80. The van der Waals surface area contributed by atoms with E-state index in [1.165, 1.54) is 135 Å². The van der Waals surface area contributed by atoms with E-state index in [0.717, 1.165) is 12.8 Å². The fourth-order valence-electron chi connectivity index (χ4n) is 6.63. The molecule has 2 amide bonds. The van der Waals surface area contributed by atoms with Crippen molar-refractivity contribution in [2.75, 3.05) is 13.2 Å². The molecule has 1 saturated carbocycles. The number of ether oxygens (including phenoxy) is 1. The lowest BCUT2D eigenvalue weighted by atomic mass is 9.59. The Labute approximate surface area is 280 Å². The molecule has 0 spiro atoms. The zero-order valence-corrected chi connectivity index (χ0v) is 30.9. The molecule has 45 heavy (non-hydrogen) atoms. The minimum absolute atomic E-state index is 0.00245. The molecule has 262 valence electrons. The largest absolute Gasteiger partial charge is 0.375 e. The number of unbranched alkanes of at least 4 members (excludes halogenated alkanes) is 6. The van der Waals surface area contributed by atoms with Crippen LogP contribution in [0.15, 0.2) is 12.2 Å². The smallest absolute Gasteiger partial charge is 0.243 e. The Morgan fingerprint density at radius 3 is 1.91 bits per heavy atom. The summed E-state index contributed by atoms with van der Waals surface area (Å²) in [5.41, 5.74) is -0.646. The summed E-state index contributed by atoms with van der Waals surface area (Å²) in [4.78, 5) is 25.6. The van der Waals surface area contributed by atoms with E-state index >= 15 is 0 Å². The van der Waals surface area contributed by atoms with Crippen molar-refractivity contribution in [3.63, 3.8) is 0 Å². The quantitative estimate of drug-likeness (QED) is 0.0710. The molecule has 0 aromatic carbocycles. The number of allylic oxidation sites excluding steroid dienone is 1. The Hall–Kier alpha value is -1.30. The highest BCUT2D eigenvalue weighted by atomic mass is 16.5. The monoisotopic (exact) mass is 631 g/mol. The van der Waals surface area contributed by atoms with Gasteiger partial charge in [0.05, 0.1) is 5.60 Å². The average Bonchev–Trinajstić information content (AvgIpc) is 2.96. The van der Waals surface area contributed by atoms with Gasteiger partial charge in [0.2, 0.25) is 13.2 Å².